The van der Waals surface area contributed by atoms with Crippen molar-refractivity contribution in [3.05, 3.63) is 0 Å². The van der Waals surface area contributed by atoms with Gasteiger partial charge in [0.2, 0.25) is 0 Å². The van der Waals surface area contributed by atoms with Crippen LogP contribution in [-0.2, 0) is 14.6 Å². The third-order valence-corrected chi connectivity index (χ3v) is 1.07. The van der Waals surface area contributed by atoms with Gasteiger partial charge in [-0.1, -0.05) is 0 Å². The van der Waals surface area contributed by atoms with E-state index < -0.39 is 0 Å². The molecule has 0 atom stereocenters. The van der Waals surface area contributed by atoms with Crippen LogP contribution in [0.1, 0.15) is 12.8 Å². The highest BCUT2D eigenvalue weighted by molar-refractivity contribution is 4.34. The van der Waals surface area contributed by atoms with Gasteiger partial charge in [0, 0.05) is 26.9 Å². The van der Waals surface area contributed by atoms with Crippen molar-refractivity contribution < 1.29 is 14.6 Å². The van der Waals surface area contributed by atoms with Gasteiger partial charge in [0.05, 0.1) is 6.61 Å². The van der Waals surface area contributed by atoms with E-state index in [1.807, 2.05) is 0 Å². The first kappa shape index (κ1) is 9.88. The summed E-state index contributed by atoms with van der Waals surface area (Å²) < 4.78 is 9.90. The Bertz CT molecular complexity index is 48.8. The minimum absolute atomic E-state index is 0.0374. The van der Waals surface area contributed by atoms with E-state index in [9.17, 15) is 5.11 Å². The summed E-state index contributed by atoms with van der Waals surface area (Å²) in [5.74, 6) is 0. The molecule has 0 bridgehead atoms. The predicted octanol–water partition coefficient (Wildman–Crippen LogP) is 0.860. The van der Waals surface area contributed by atoms with Crippen LogP contribution >= 0.6 is 0 Å². The molecule has 0 N–H and O–H groups in total. The zero-order valence-corrected chi connectivity index (χ0v) is 6.47. The van der Waals surface area contributed by atoms with E-state index in [0.29, 0.717) is 19.6 Å². The molecule has 0 unspecified atom stereocenters. The summed E-state index contributed by atoms with van der Waals surface area (Å²) in [6, 6.07) is 0. The highest BCUT2D eigenvalue weighted by atomic mass is 16.5. The maximum atomic E-state index is 9.91. The Morgan fingerprint density at radius 3 is 2.40 bits per heavy atom. The number of rotatable bonds is 7. The lowest BCUT2D eigenvalue weighted by Crippen LogP contribution is -2.01. The molecule has 3 nitrogen and oxygen atoms in total. The molecule has 61 valence electrons. The van der Waals surface area contributed by atoms with E-state index in [1.165, 1.54) is 0 Å². The fraction of sp³-hybridized carbons (Fsp3) is 1.00. The predicted molar refractivity (Wildman–Crippen MR) is 37.5 cm³/mol. The van der Waals surface area contributed by atoms with Crippen molar-refractivity contribution in [3.63, 3.8) is 0 Å². The van der Waals surface area contributed by atoms with E-state index in [2.05, 4.69) is 0 Å². The molecule has 0 saturated heterocycles. The maximum absolute atomic E-state index is 9.91. The van der Waals surface area contributed by atoms with E-state index in [4.69, 9.17) is 9.47 Å². The Labute approximate surface area is 62.0 Å². The maximum Gasteiger partial charge on any atom is 0.0844 e. The van der Waals surface area contributed by atoms with Gasteiger partial charge in [-0.25, -0.2) is 5.11 Å². The zero-order valence-electron chi connectivity index (χ0n) is 6.47. The lowest BCUT2D eigenvalue weighted by atomic mass is 10.4. The van der Waals surface area contributed by atoms with Gasteiger partial charge in [0.25, 0.3) is 0 Å². The Balaban J connectivity index is 2.65. The second-order valence-corrected chi connectivity index (χ2v) is 2.02. The van der Waals surface area contributed by atoms with Crippen LogP contribution < -0.4 is 0 Å². The van der Waals surface area contributed by atoms with Crippen LogP contribution in [0.25, 0.3) is 0 Å². The number of methoxy groups -OCH3 is 1. The largest absolute Gasteiger partial charge is 0.385 e. The zero-order chi connectivity index (χ0) is 7.66. The van der Waals surface area contributed by atoms with Crippen molar-refractivity contribution >= 4 is 0 Å². The summed E-state index contributed by atoms with van der Waals surface area (Å²) in [6.07, 6.45) is 1.53. The van der Waals surface area contributed by atoms with Crippen molar-refractivity contribution in [3.8, 4) is 0 Å². The molecular formula is C7H15O3. The van der Waals surface area contributed by atoms with Crippen LogP contribution in [0.3, 0.4) is 0 Å². The third kappa shape index (κ3) is 7.88. The summed E-state index contributed by atoms with van der Waals surface area (Å²) in [5.41, 5.74) is 0. The van der Waals surface area contributed by atoms with Crippen LogP contribution in [0.5, 0.6) is 0 Å². The van der Waals surface area contributed by atoms with Gasteiger partial charge >= 0.3 is 0 Å². The number of hydrogen-bond acceptors (Lipinski definition) is 2. The molecule has 0 aromatic carbocycles. The molecular weight excluding hydrogens is 132 g/mol. The summed E-state index contributed by atoms with van der Waals surface area (Å²) in [5, 5.41) is 9.91. The van der Waals surface area contributed by atoms with Crippen LogP contribution in [0.2, 0.25) is 0 Å². The fourth-order valence-corrected chi connectivity index (χ4v) is 0.568. The first-order valence-corrected chi connectivity index (χ1v) is 3.56. The molecule has 0 rings (SSSR count). The van der Waals surface area contributed by atoms with Gasteiger partial charge < -0.3 is 9.47 Å². The molecule has 0 spiro atoms. The molecule has 0 heterocycles. The van der Waals surface area contributed by atoms with Crippen molar-refractivity contribution in [1.82, 2.24) is 0 Å². The molecule has 0 saturated carbocycles. The van der Waals surface area contributed by atoms with Crippen molar-refractivity contribution in [2.45, 2.75) is 12.8 Å². The molecule has 0 amide bonds. The van der Waals surface area contributed by atoms with Gasteiger partial charge in [-0.05, 0) is 12.8 Å². The van der Waals surface area contributed by atoms with Crippen molar-refractivity contribution in [2.24, 2.45) is 0 Å². The standard InChI is InChI=1S/C7H15O3/c1-9-5-3-7-10-6-2-4-8/h2-7H2,1H3. The van der Waals surface area contributed by atoms with Gasteiger partial charge in [-0.3, -0.25) is 0 Å². The lowest BCUT2D eigenvalue weighted by Gasteiger charge is -2.00. The summed E-state index contributed by atoms with van der Waals surface area (Å²) in [7, 11) is 1.66. The first-order valence-electron chi connectivity index (χ1n) is 3.56. The van der Waals surface area contributed by atoms with Crippen molar-refractivity contribution in [1.29, 1.82) is 0 Å². The average Bonchev–Trinajstić information content (AvgIpc) is 1.97. The van der Waals surface area contributed by atoms with E-state index in [0.717, 1.165) is 13.0 Å². The summed E-state index contributed by atoms with van der Waals surface area (Å²) in [6.45, 7) is 1.99. The van der Waals surface area contributed by atoms with Gasteiger partial charge in [0.15, 0.2) is 0 Å². The van der Waals surface area contributed by atoms with Crippen LogP contribution in [0, 0.1) is 0 Å². The van der Waals surface area contributed by atoms with Gasteiger partial charge in [-0.15, -0.1) is 0 Å². The quantitative estimate of drug-likeness (QED) is 0.501. The Morgan fingerprint density at radius 2 is 1.80 bits per heavy atom. The van der Waals surface area contributed by atoms with E-state index in [-0.39, 0.29) is 6.61 Å². The first-order chi connectivity index (χ1) is 4.91. The molecule has 10 heavy (non-hydrogen) atoms. The third-order valence-electron chi connectivity index (χ3n) is 1.07. The normalized spacial score (nSPS) is 10.2. The smallest absolute Gasteiger partial charge is 0.0844 e. The van der Waals surface area contributed by atoms with Crippen LogP contribution in [0.4, 0.5) is 0 Å². The highest BCUT2D eigenvalue weighted by Gasteiger charge is 1.87. The molecule has 1 radical (unpaired) electrons. The average molecular weight is 147 g/mol. The molecule has 0 aliphatic heterocycles. The monoisotopic (exact) mass is 147 g/mol. The summed E-state index contributed by atoms with van der Waals surface area (Å²) in [4.78, 5) is 0. The number of ether oxygens (including phenoxy) is 2. The molecule has 0 aromatic heterocycles. The molecule has 0 aliphatic rings. The topological polar surface area (TPSA) is 38.4 Å². The summed E-state index contributed by atoms with van der Waals surface area (Å²) >= 11 is 0. The second kappa shape index (κ2) is 8.88. The van der Waals surface area contributed by atoms with E-state index >= 15 is 0 Å². The van der Waals surface area contributed by atoms with Crippen molar-refractivity contribution in [2.75, 3.05) is 33.5 Å². The Morgan fingerprint density at radius 1 is 1.10 bits per heavy atom. The van der Waals surface area contributed by atoms with Crippen LogP contribution in [-0.4, -0.2) is 33.5 Å². The minimum atomic E-state index is -0.0374. The van der Waals surface area contributed by atoms with Crippen LogP contribution in [0.15, 0.2) is 0 Å². The van der Waals surface area contributed by atoms with Gasteiger partial charge in [0.1, 0.15) is 0 Å². The second-order valence-electron chi connectivity index (χ2n) is 2.02. The number of hydrogen-bond donors (Lipinski definition) is 0. The Hall–Kier alpha value is -0.120. The molecule has 0 aromatic rings. The molecule has 0 aliphatic carbocycles. The SMILES string of the molecule is COCCCOCCC[O]. The fourth-order valence-electron chi connectivity index (χ4n) is 0.568. The minimum Gasteiger partial charge on any atom is -0.385 e. The molecule has 3 heteroatoms. The highest BCUT2D eigenvalue weighted by Crippen LogP contribution is 1.85. The van der Waals surface area contributed by atoms with Gasteiger partial charge in [-0.2, -0.15) is 0 Å². The Kier molecular flexibility index (Phi) is 8.77. The van der Waals surface area contributed by atoms with E-state index in [1.54, 1.807) is 7.11 Å². The lowest BCUT2D eigenvalue weighted by molar-refractivity contribution is 0.0818. The molecule has 0 fully saturated rings.